The summed E-state index contributed by atoms with van der Waals surface area (Å²) in [6.45, 7) is 6.71. The maximum atomic E-state index is 4.53. The molecule has 1 aromatic heterocycles. The van der Waals surface area contributed by atoms with Gasteiger partial charge in [0.2, 0.25) is 0 Å². The lowest BCUT2D eigenvalue weighted by Crippen LogP contribution is -2.19. The van der Waals surface area contributed by atoms with Crippen LogP contribution in [0.25, 0.3) is 0 Å². The molecule has 1 aliphatic carbocycles. The van der Waals surface area contributed by atoms with Crippen molar-refractivity contribution in [3.05, 3.63) is 29.1 Å². The highest BCUT2D eigenvalue weighted by Gasteiger charge is 2.38. The molecule has 0 saturated carbocycles. The van der Waals surface area contributed by atoms with Crippen LogP contribution in [0, 0.1) is 6.92 Å². The molecule has 0 spiro atoms. The monoisotopic (exact) mass is 287 g/mol. The summed E-state index contributed by atoms with van der Waals surface area (Å²) in [5.74, 6) is 0.587. The number of pyridine rings is 1. The maximum absolute atomic E-state index is 4.53. The van der Waals surface area contributed by atoms with E-state index in [0.717, 1.165) is 0 Å². The van der Waals surface area contributed by atoms with Gasteiger partial charge in [0.25, 0.3) is 0 Å². The normalized spacial score (nSPS) is 31.8. The van der Waals surface area contributed by atoms with E-state index in [1.807, 2.05) is 6.20 Å². The van der Waals surface area contributed by atoms with Crippen molar-refractivity contribution in [3.63, 3.8) is 0 Å². The number of hydrogen-bond donors (Lipinski definition) is 0. The molecule has 1 nitrogen and oxygen atoms in total. The first-order valence-corrected chi connectivity index (χ1v) is 5.73. The predicted molar refractivity (Wildman–Crippen MR) is 63.5 cm³/mol. The molecule has 1 heterocycles. The summed E-state index contributed by atoms with van der Waals surface area (Å²) in [6.07, 6.45) is 3.14. The first-order chi connectivity index (χ1) is 6.00. The van der Waals surface area contributed by atoms with E-state index in [1.165, 1.54) is 23.2 Å². The molecule has 2 unspecified atom stereocenters. The standard InChI is InChI=1S/C11H14IN/c1-7-4-9-5-11(3,12)8(2)10(9)13-6-7/h4,6,8H,5H2,1-3H3. The minimum Gasteiger partial charge on any atom is -0.260 e. The van der Waals surface area contributed by atoms with Crippen molar-refractivity contribution in [2.24, 2.45) is 0 Å². The van der Waals surface area contributed by atoms with E-state index < -0.39 is 0 Å². The number of aromatic nitrogens is 1. The molecule has 1 aliphatic rings. The molecule has 0 fully saturated rings. The Balaban J connectivity index is 2.50. The largest absolute Gasteiger partial charge is 0.260 e. The van der Waals surface area contributed by atoms with Gasteiger partial charge in [-0.15, -0.1) is 0 Å². The third kappa shape index (κ3) is 1.49. The van der Waals surface area contributed by atoms with Gasteiger partial charge in [-0.3, -0.25) is 4.98 Å². The number of nitrogens with zero attached hydrogens (tertiary/aromatic N) is 1. The van der Waals surface area contributed by atoms with E-state index in [0.29, 0.717) is 9.34 Å². The van der Waals surface area contributed by atoms with Gasteiger partial charge >= 0.3 is 0 Å². The topological polar surface area (TPSA) is 12.9 Å². The van der Waals surface area contributed by atoms with E-state index in [-0.39, 0.29) is 0 Å². The molecule has 0 aliphatic heterocycles. The van der Waals surface area contributed by atoms with Crippen LogP contribution in [0.4, 0.5) is 0 Å². The van der Waals surface area contributed by atoms with Crippen LogP contribution in [0.5, 0.6) is 0 Å². The van der Waals surface area contributed by atoms with Crippen LogP contribution in [0.15, 0.2) is 12.3 Å². The summed E-state index contributed by atoms with van der Waals surface area (Å²) in [4.78, 5) is 4.53. The predicted octanol–water partition coefficient (Wildman–Crippen LogP) is 3.24. The van der Waals surface area contributed by atoms with Gasteiger partial charge in [-0.25, -0.2) is 0 Å². The van der Waals surface area contributed by atoms with Gasteiger partial charge in [0.1, 0.15) is 0 Å². The molecular weight excluding hydrogens is 273 g/mol. The van der Waals surface area contributed by atoms with Gasteiger partial charge in [-0.05, 0) is 31.4 Å². The first-order valence-electron chi connectivity index (χ1n) is 4.65. The lowest BCUT2D eigenvalue weighted by atomic mass is 9.99. The lowest BCUT2D eigenvalue weighted by Gasteiger charge is -2.20. The Bertz CT molecular complexity index is 344. The summed E-state index contributed by atoms with van der Waals surface area (Å²) in [6, 6.07) is 2.28. The van der Waals surface area contributed by atoms with Crippen LogP contribution >= 0.6 is 22.6 Å². The van der Waals surface area contributed by atoms with Gasteiger partial charge in [-0.2, -0.15) is 0 Å². The van der Waals surface area contributed by atoms with E-state index in [4.69, 9.17) is 0 Å². The molecule has 2 atom stereocenters. The second-order valence-corrected chi connectivity index (χ2v) is 6.70. The Hall–Kier alpha value is -0.120. The fourth-order valence-corrected chi connectivity index (χ4v) is 2.69. The molecule has 70 valence electrons. The third-order valence-corrected chi connectivity index (χ3v) is 4.30. The fourth-order valence-electron chi connectivity index (χ4n) is 1.98. The zero-order valence-electron chi connectivity index (χ0n) is 8.26. The molecular formula is C11H14IN. The maximum Gasteiger partial charge on any atom is 0.0477 e. The number of halogens is 1. The number of aryl methyl sites for hydroxylation is 1. The molecule has 0 amide bonds. The summed E-state index contributed by atoms with van der Waals surface area (Å²) in [7, 11) is 0. The van der Waals surface area contributed by atoms with Crippen LogP contribution in [0.2, 0.25) is 0 Å². The first kappa shape index (κ1) is 9.44. The van der Waals surface area contributed by atoms with Crippen molar-refractivity contribution in [1.82, 2.24) is 4.98 Å². The van der Waals surface area contributed by atoms with Crippen LogP contribution in [0.3, 0.4) is 0 Å². The third-order valence-electron chi connectivity index (χ3n) is 2.99. The Morgan fingerprint density at radius 1 is 1.62 bits per heavy atom. The highest BCUT2D eigenvalue weighted by Crippen LogP contribution is 2.45. The second kappa shape index (κ2) is 2.94. The summed E-state index contributed by atoms with van der Waals surface area (Å²) in [5.41, 5.74) is 4.03. The highest BCUT2D eigenvalue weighted by atomic mass is 127. The van der Waals surface area contributed by atoms with Crippen molar-refractivity contribution in [2.75, 3.05) is 0 Å². The van der Waals surface area contributed by atoms with Crippen LogP contribution in [0.1, 0.15) is 36.6 Å². The molecule has 2 rings (SSSR count). The molecule has 1 aromatic rings. The number of fused-ring (bicyclic) bond motifs is 1. The van der Waals surface area contributed by atoms with Crippen LogP contribution in [-0.2, 0) is 6.42 Å². The zero-order valence-corrected chi connectivity index (χ0v) is 10.4. The number of rotatable bonds is 0. The van der Waals surface area contributed by atoms with E-state index in [9.17, 15) is 0 Å². The van der Waals surface area contributed by atoms with Crippen molar-refractivity contribution in [3.8, 4) is 0 Å². The SMILES string of the molecule is Cc1cnc2c(c1)CC(C)(I)C2C. The summed E-state index contributed by atoms with van der Waals surface area (Å²) < 4.78 is 0.362. The Morgan fingerprint density at radius 3 is 3.00 bits per heavy atom. The number of alkyl halides is 1. The van der Waals surface area contributed by atoms with Gasteiger partial charge in [0.15, 0.2) is 0 Å². The number of hydrogen-bond acceptors (Lipinski definition) is 1. The molecule has 0 radical (unpaired) electrons. The fraction of sp³-hybridized carbons (Fsp3) is 0.545. The Kier molecular flexibility index (Phi) is 2.13. The average molecular weight is 287 g/mol. The quantitative estimate of drug-likeness (QED) is 0.527. The van der Waals surface area contributed by atoms with Crippen molar-refractivity contribution < 1.29 is 0 Å². The van der Waals surface area contributed by atoms with Gasteiger partial charge in [0.05, 0.1) is 0 Å². The lowest BCUT2D eigenvalue weighted by molar-refractivity contribution is 0.607. The van der Waals surface area contributed by atoms with Crippen molar-refractivity contribution in [2.45, 2.75) is 36.5 Å². The zero-order chi connectivity index (χ0) is 9.64. The minimum absolute atomic E-state index is 0.362. The van der Waals surface area contributed by atoms with Crippen molar-refractivity contribution in [1.29, 1.82) is 0 Å². The van der Waals surface area contributed by atoms with E-state index in [1.54, 1.807) is 0 Å². The van der Waals surface area contributed by atoms with Crippen LogP contribution < -0.4 is 0 Å². The summed E-state index contributed by atoms with van der Waals surface area (Å²) >= 11 is 2.56. The molecule has 13 heavy (non-hydrogen) atoms. The van der Waals surface area contributed by atoms with E-state index >= 15 is 0 Å². The second-order valence-electron chi connectivity index (χ2n) is 4.23. The van der Waals surface area contributed by atoms with Gasteiger partial charge in [0, 0.05) is 21.2 Å². The molecule has 0 saturated heterocycles. The van der Waals surface area contributed by atoms with Gasteiger partial charge in [-0.1, -0.05) is 35.6 Å². The van der Waals surface area contributed by atoms with E-state index in [2.05, 4.69) is 54.4 Å². The molecule has 0 N–H and O–H groups in total. The molecule has 2 heteroatoms. The Morgan fingerprint density at radius 2 is 2.31 bits per heavy atom. The summed E-state index contributed by atoms with van der Waals surface area (Å²) in [5, 5.41) is 0. The van der Waals surface area contributed by atoms with Gasteiger partial charge < -0.3 is 0 Å². The Labute approximate surface area is 93.1 Å². The minimum atomic E-state index is 0.362. The smallest absolute Gasteiger partial charge is 0.0477 e. The molecule has 0 aromatic carbocycles. The average Bonchev–Trinajstić information content (AvgIpc) is 2.22. The van der Waals surface area contributed by atoms with Crippen LogP contribution in [-0.4, -0.2) is 8.41 Å². The molecule has 0 bridgehead atoms. The van der Waals surface area contributed by atoms with Crippen molar-refractivity contribution >= 4 is 22.6 Å². The highest BCUT2D eigenvalue weighted by molar-refractivity contribution is 14.1.